The number of aryl methyl sites for hydroxylation is 1. The zero-order valence-corrected chi connectivity index (χ0v) is 14.7. The molecular formula is C15H28N6O2. The van der Waals surface area contributed by atoms with E-state index in [2.05, 4.69) is 25.7 Å². The largest absolute Gasteiger partial charge is 0.377 e. The number of nitrogens with one attached hydrogen (secondary N) is 2. The third-order valence-corrected chi connectivity index (χ3v) is 3.97. The minimum atomic E-state index is -0.238. The molecule has 0 saturated heterocycles. The van der Waals surface area contributed by atoms with Crippen molar-refractivity contribution in [3.8, 4) is 0 Å². The maximum atomic E-state index is 5.42. The van der Waals surface area contributed by atoms with Gasteiger partial charge >= 0.3 is 0 Å². The predicted molar refractivity (Wildman–Crippen MR) is 88.4 cm³/mol. The third kappa shape index (κ3) is 4.90. The molecule has 8 heteroatoms. The molecule has 2 N–H and O–H groups in total. The van der Waals surface area contributed by atoms with Gasteiger partial charge in [0.1, 0.15) is 12.4 Å². The minimum absolute atomic E-state index is 0.238. The topological polar surface area (TPSA) is 85.6 Å². The molecule has 0 aliphatic carbocycles. The number of methoxy groups -OCH3 is 2. The van der Waals surface area contributed by atoms with E-state index in [0.717, 1.165) is 37.0 Å². The van der Waals surface area contributed by atoms with Crippen LogP contribution in [0.5, 0.6) is 0 Å². The van der Waals surface area contributed by atoms with Crippen molar-refractivity contribution in [3.63, 3.8) is 0 Å². The van der Waals surface area contributed by atoms with Crippen molar-refractivity contribution < 1.29 is 9.47 Å². The molecule has 1 aliphatic heterocycles. The summed E-state index contributed by atoms with van der Waals surface area (Å²) in [7, 11) is 5.14. The molecule has 2 heterocycles. The number of hydrogen-bond acceptors (Lipinski definition) is 5. The van der Waals surface area contributed by atoms with E-state index in [0.29, 0.717) is 13.2 Å². The molecule has 8 nitrogen and oxygen atoms in total. The van der Waals surface area contributed by atoms with Crippen LogP contribution in [0.4, 0.5) is 0 Å². The van der Waals surface area contributed by atoms with Crippen molar-refractivity contribution in [2.24, 2.45) is 4.99 Å². The van der Waals surface area contributed by atoms with Gasteiger partial charge in [0.15, 0.2) is 11.8 Å². The summed E-state index contributed by atoms with van der Waals surface area (Å²) in [5, 5.41) is 11.2. The summed E-state index contributed by atoms with van der Waals surface area (Å²) in [5.74, 6) is 2.55. The number of ether oxygens (including phenoxy) is 2. The molecule has 0 spiro atoms. The van der Waals surface area contributed by atoms with Crippen molar-refractivity contribution in [3.05, 3.63) is 11.6 Å². The molecule has 0 bridgehead atoms. The molecule has 1 aliphatic rings. The van der Waals surface area contributed by atoms with E-state index < -0.39 is 0 Å². The van der Waals surface area contributed by atoms with Crippen LogP contribution in [0.3, 0.4) is 0 Å². The summed E-state index contributed by atoms with van der Waals surface area (Å²) in [4.78, 5) is 8.77. The zero-order chi connectivity index (χ0) is 16.9. The molecule has 2 rings (SSSR count). The molecule has 1 aromatic heterocycles. The first-order valence-electron chi connectivity index (χ1n) is 7.91. The van der Waals surface area contributed by atoms with Crippen molar-refractivity contribution >= 4 is 5.96 Å². The van der Waals surface area contributed by atoms with E-state index in [4.69, 9.17) is 9.47 Å². The molecule has 0 radical (unpaired) electrons. The second kappa shape index (κ2) is 7.74. The molecule has 1 aromatic rings. The Hall–Kier alpha value is -1.67. The first kappa shape index (κ1) is 17.7. The smallest absolute Gasteiger partial charge is 0.191 e. The molecule has 1 unspecified atom stereocenters. The Morgan fingerprint density at radius 3 is 2.87 bits per heavy atom. The van der Waals surface area contributed by atoms with Crippen LogP contribution in [0.25, 0.3) is 0 Å². The fourth-order valence-corrected chi connectivity index (χ4v) is 2.43. The summed E-state index contributed by atoms with van der Waals surface area (Å²) in [6, 6.07) is 0.274. The standard InChI is InChI=1S/C15H28N6O2/c1-15(2,23-5)10-17-14(16-3)18-11-6-7-13-19-12(9-22-4)20-21(13)8-11/h11H,6-10H2,1-5H3,(H2,16,17,18). The molecular weight excluding hydrogens is 296 g/mol. The van der Waals surface area contributed by atoms with Crippen molar-refractivity contribution in [2.75, 3.05) is 27.8 Å². The van der Waals surface area contributed by atoms with Crippen LogP contribution >= 0.6 is 0 Å². The van der Waals surface area contributed by atoms with Crippen LogP contribution in [0.2, 0.25) is 0 Å². The fourth-order valence-electron chi connectivity index (χ4n) is 2.43. The van der Waals surface area contributed by atoms with Gasteiger partial charge in [0.2, 0.25) is 0 Å². The first-order valence-corrected chi connectivity index (χ1v) is 7.91. The Bertz CT molecular complexity index is 540. The Balaban J connectivity index is 1.90. The predicted octanol–water partition coefficient (Wildman–Crippen LogP) is 0.329. The van der Waals surface area contributed by atoms with Crippen molar-refractivity contribution in [1.82, 2.24) is 25.4 Å². The number of nitrogens with zero attached hydrogens (tertiary/aromatic N) is 4. The van der Waals surface area contributed by atoms with Gasteiger partial charge in [0.05, 0.1) is 12.1 Å². The van der Waals surface area contributed by atoms with Crippen LogP contribution < -0.4 is 10.6 Å². The summed E-state index contributed by atoms with van der Waals surface area (Å²) in [6.07, 6.45) is 1.90. The number of hydrogen-bond donors (Lipinski definition) is 2. The van der Waals surface area contributed by atoms with Crippen LogP contribution in [0.1, 0.15) is 31.9 Å². The van der Waals surface area contributed by atoms with Crippen LogP contribution in [-0.2, 0) is 29.0 Å². The van der Waals surface area contributed by atoms with Gasteiger partial charge in [-0.3, -0.25) is 4.99 Å². The number of guanidine groups is 1. The van der Waals surface area contributed by atoms with Crippen LogP contribution in [0, 0.1) is 0 Å². The molecule has 130 valence electrons. The molecule has 0 saturated carbocycles. The average Bonchev–Trinajstić information content (AvgIpc) is 2.93. The minimum Gasteiger partial charge on any atom is -0.377 e. The SMILES string of the molecule is CN=C(NCC(C)(C)OC)NC1CCc2nc(COC)nn2C1. The number of fused-ring (bicyclic) bond motifs is 1. The van der Waals surface area contributed by atoms with E-state index in [-0.39, 0.29) is 11.6 Å². The van der Waals surface area contributed by atoms with Gasteiger partial charge in [-0.2, -0.15) is 5.10 Å². The fraction of sp³-hybridized carbons (Fsp3) is 0.800. The van der Waals surface area contributed by atoms with Crippen molar-refractivity contribution in [1.29, 1.82) is 0 Å². The van der Waals surface area contributed by atoms with Crippen molar-refractivity contribution in [2.45, 2.75) is 51.5 Å². The van der Waals surface area contributed by atoms with Crippen LogP contribution in [-0.4, -0.2) is 60.2 Å². The highest BCUT2D eigenvalue weighted by Gasteiger charge is 2.23. The van der Waals surface area contributed by atoms with Crippen LogP contribution in [0.15, 0.2) is 4.99 Å². The van der Waals surface area contributed by atoms with Gasteiger partial charge in [-0.15, -0.1) is 0 Å². The zero-order valence-electron chi connectivity index (χ0n) is 14.7. The molecule has 23 heavy (non-hydrogen) atoms. The maximum Gasteiger partial charge on any atom is 0.191 e. The summed E-state index contributed by atoms with van der Waals surface area (Å²) >= 11 is 0. The lowest BCUT2D eigenvalue weighted by molar-refractivity contribution is 0.0267. The Kier molecular flexibility index (Phi) is 5.95. The van der Waals surface area contributed by atoms with Gasteiger partial charge in [-0.25, -0.2) is 9.67 Å². The molecule has 0 aromatic carbocycles. The van der Waals surface area contributed by atoms with E-state index in [1.54, 1.807) is 21.3 Å². The summed E-state index contributed by atoms with van der Waals surface area (Å²) < 4.78 is 12.5. The lowest BCUT2D eigenvalue weighted by Crippen LogP contribution is -2.50. The Labute approximate surface area is 137 Å². The van der Waals surface area contributed by atoms with Gasteiger partial charge in [-0.05, 0) is 20.3 Å². The van der Waals surface area contributed by atoms with Gasteiger partial charge in [0.25, 0.3) is 0 Å². The summed E-state index contributed by atoms with van der Waals surface area (Å²) in [6.45, 7) is 5.98. The van der Waals surface area contributed by atoms with E-state index in [9.17, 15) is 0 Å². The number of aliphatic imine (C=N–C) groups is 1. The first-order chi connectivity index (χ1) is 11.0. The maximum absolute atomic E-state index is 5.42. The second-order valence-corrected chi connectivity index (χ2v) is 6.33. The summed E-state index contributed by atoms with van der Waals surface area (Å²) in [5.41, 5.74) is -0.238. The lowest BCUT2D eigenvalue weighted by atomic mass is 10.1. The number of rotatable bonds is 6. The Morgan fingerprint density at radius 1 is 1.43 bits per heavy atom. The van der Waals surface area contributed by atoms with Gasteiger partial charge < -0.3 is 20.1 Å². The molecule has 1 atom stereocenters. The van der Waals surface area contributed by atoms with E-state index >= 15 is 0 Å². The molecule has 0 fully saturated rings. The highest BCUT2D eigenvalue weighted by Crippen LogP contribution is 2.13. The normalized spacial score (nSPS) is 18.7. The number of aromatic nitrogens is 3. The van der Waals surface area contributed by atoms with Gasteiger partial charge in [0, 0.05) is 40.3 Å². The highest BCUT2D eigenvalue weighted by atomic mass is 16.5. The highest BCUT2D eigenvalue weighted by molar-refractivity contribution is 5.80. The second-order valence-electron chi connectivity index (χ2n) is 6.33. The quantitative estimate of drug-likeness (QED) is 0.579. The third-order valence-electron chi connectivity index (χ3n) is 3.97. The molecule has 0 amide bonds. The monoisotopic (exact) mass is 324 g/mol. The Morgan fingerprint density at radius 2 is 2.22 bits per heavy atom. The van der Waals surface area contributed by atoms with E-state index in [1.165, 1.54) is 0 Å². The average molecular weight is 324 g/mol. The van der Waals surface area contributed by atoms with E-state index in [1.807, 2.05) is 18.5 Å². The van der Waals surface area contributed by atoms with Gasteiger partial charge in [-0.1, -0.05) is 0 Å². The lowest BCUT2D eigenvalue weighted by Gasteiger charge is -2.28.